The van der Waals surface area contributed by atoms with E-state index in [4.69, 9.17) is 13.5 Å². The first-order valence-corrected chi connectivity index (χ1v) is 23.2. The van der Waals surface area contributed by atoms with Crippen molar-refractivity contribution in [1.29, 1.82) is 0 Å². The summed E-state index contributed by atoms with van der Waals surface area (Å²) >= 11 is -1.72. The fourth-order valence-corrected chi connectivity index (χ4v) is 8.12. The summed E-state index contributed by atoms with van der Waals surface area (Å²) in [6, 6.07) is 44.0. The minimum Gasteiger partial charge on any atom is 0 e. The Morgan fingerprint density at radius 1 is 0.854 bits per heavy atom. The first-order valence-electron chi connectivity index (χ1n) is 17.4. The fraction of sp³-hybridized carbons (Fsp3) is 0.143. The first kappa shape index (κ1) is 29.8. The molecule has 0 spiro atoms. The first-order chi connectivity index (χ1) is 24.0. The van der Waals surface area contributed by atoms with Crippen LogP contribution in [0.1, 0.15) is 16.6 Å². The number of para-hydroxylation sites is 3. The molecular formula is C42H37GeIrN3O-2. The molecule has 0 fully saturated rings. The maximum atomic E-state index is 7.67. The average Bonchev–Trinajstić information content (AvgIpc) is 3.70. The Morgan fingerprint density at radius 3 is 2.33 bits per heavy atom. The van der Waals surface area contributed by atoms with Gasteiger partial charge in [0.1, 0.15) is 5.58 Å². The van der Waals surface area contributed by atoms with Crippen molar-refractivity contribution >= 4 is 50.6 Å². The van der Waals surface area contributed by atoms with Crippen molar-refractivity contribution in [3.63, 3.8) is 0 Å². The Bertz CT molecular complexity index is 2430. The summed E-state index contributed by atoms with van der Waals surface area (Å²) in [6.07, 6.45) is 2.04. The zero-order valence-corrected chi connectivity index (χ0v) is 31.8. The third-order valence-electron chi connectivity index (χ3n) is 8.46. The van der Waals surface area contributed by atoms with Gasteiger partial charge in [-0.3, -0.25) is 4.98 Å². The van der Waals surface area contributed by atoms with Crippen LogP contribution in [0.3, 0.4) is 0 Å². The van der Waals surface area contributed by atoms with Crippen LogP contribution < -0.4 is 4.40 Å². The van der Waals surface area contributed by atoms with Crippen LogP contribution in [0.25, 0.3) is 66.7 Å². The average molecular weight is 868 g/mol. The van der Waals surface area contributed by atoms with E-state index in [0.717, 1.165) is 73.3 Å². The number of hydrogen-bond acceptors (Lipinski definition) is 3. The maximum absolute atomic E-state index is 7.67. The summed E-state index contributed by atoms with van der Waals surface area (Å²) in [7, 11) is 0. The van der Waals surface area contributed by atoms with Gasteiger partial charge < -0.3 is 8.98 Å². The molecule has 1 radical (unpaired) electrons. The summed E-state index contributed by atoms with van der Waals surface area (Å²) in [5, 5.41) is 1.97. The van der Waals surface area contributed by atoms with Gasteiger partial charge in [-0.15, -0.1) is 12.1 Å². The molecule has 3 heterocycles. The van der Waals surface area contributed by atoms with Crippen LogP contribution in [-0.4, -0.2) is 27.8 Å². The zero-order chi connectivity index (χ0) is 35.0. The predicted octanol–water partition coefficient (Wildman–Crippen LogP) is 10.5. The minimum atomic E-state index is -2.13. The van der Waals surface area contributed by atoms with E-state index in [2.05, 4.69) is 64.1 Å². The van der Waals surface area contributed by atoms with Crippen molar-refractivity contribution in [2.24, 2.45) is 0 Å². The summed E-state index contributed by atoms with van der Waals surface area (Å²) in [6.45, 7) is 0.740. The molecule has 4 nitrogen and oxygen atoms in total. The van der Waals surface area contributed by atoms with Crippen molar-refractivity contribution in [3.8, 4) is 33.8 Å². The Morgan fingerprint density at radius 2 is 1.62 bits per heavy atom. The van der Waals surface area contributed by atoms with Crippen molar-refractivity contribution in [1.82, 2.24) is 14.5 Å². The van der Waals surface area contributed by atoms with E-state index in [-0.39, 0.29) is 20.1 Å². The van der Waals surface area contributed by atoms with E-state index in [0.29, 0.717) is 5.56 Å². The number of aryl methyl sites for hydroxylation is 2. The van der Waals surface area contributed by atoms with Crippen LogP contribution in [0.15, 0.2) is 126 Å². The monoisotopic (exact) mass is 869 g/mol. The summed E-state index contributed by atoms with van der Waals surface area (Å²) < 4.78 is 33.0. The van der Waals surface area contributed by atoms with Crippen molar-refractivity contribution in [2.75, 3.05) is 0 Å². The normalized spacial score (nSPS) is 12.5. The van der Waals surface area contributed by atoms with Gasteiger partial charge in [-0.05, 0) is 37.4 Å². The fourth-order valence-electron chi connectivity index (χ4n) is 5.95. The molecule has 8 rings (SSSR count). The smallest absolute Gasteiger partial charge is 0 e. The van der Waals surface area contributed by atoms with E-state index >= 15 is 0 Å². The zero-order valence-electron chi connectivity index (χ0n) is 30.3. The molecule has 8 aromatic rings. The van der Waals surface area contributed by atoms with Gasteiger partial charge in [-0.2, -0.15) is 0 Å². The van der Waals surface area contributed by atoms with Gasteiger partial charge in [0.2, 0.25) is 0 Å². The molecule has 48 heavy (non-hydrogen) atoms. The number of fused-ring (bicyclic) bond motifs is 4. The molecular weight excluding hydrogens is 827 g/mol. The second kappa shape index (κ2) is 14.1. The number of imidazole rings is 1. The molecule has 0 amide bonds. The Balaban J connectivity index is 0.000000222. The van der Waals surface area contributed by atoms with E-state index in [9.17, 15) is 0 Å². The summed E-state index contributed by atoms with van der Waals surface area (Å²) in [4.78, 5) is 9.46. The van der Waals surface area contributed by atoms with Gasteiger partial charge in [0.05, 0.1) is 22.4 Å². The second-order valence-corrected chi connectivity index (χ2v) is 23.2. The third-order valence-corrected chi connectivity index (χ3v) is 12.7. The molecule has 0 aliphatic rings. The van der Waals surface area contributed by atoms with Gasteiger partial charge in [0, 0.05) is 36.1 Å². The summed E-state index contributed by atoms with van der Waals surface area (Å²) in [5.41, 5.74) is 8.58. The van der Waals surface area contributed by atoms with Crippen LogP contribution in [-0.2, 0) is 26.7 Å². The number of furan rings is 1. The standard InChI is InChI=1S/C28H21N2O.C14H16GeN.Ir/c1-3-30-24-10-6-5-9-23(24)29-28(30)22-17-16-20(19-14-12-18(2)13-15-19)26-21-8-4-7-11-25(21)31-27(22)26;1-15(2,3)13-9-10-14(16-11-13)12-7-5-4-6-8-12;/h4-16H,3H2,1-2H3;4-7,9-11H,1-3H3;/q2*-1;/i2D3;;. The van der Waals surface area contributed by atoms with E-state index in [1.807, 2.05) is 91.1 Å². The predicted molar refractivity (Wildman–Crippen MR) is 199 cm³/mol. The van der Waals surface area contributed by atoms with Crippen LogP contribution in [0.4, 0.5) is 0 Å². The van der Waals surface area contributed by atoms with Crippen molar-refractivity contribution < 1.29 is 28.6 Å². The molecule has 0 saturated heterocycles. The van der Waals surface area contributed by atoms with Crippen LogP contribution >= 0.6 is 0 Å². The second-order valence-electron chi connectivity index (χ2n) is 12.6. The maximum Gasteiger partial charge on any atom is 0 e. The van der Waals surface area contributed by atoms with Crippen molar-refractivity contribution in [2.45, 2.75) is 37.6 Å². The SMILES string of the molecule is [2H]C([2H])([2H])c1ccc(-c2c[c-]c(-c3nc4ccccc4n3CC)c3oc4ccccc4c23)cc1.[CH3][Ge]([CH3])([CH3])[c]1ccc(-c2[c-]cccc2)nc1.[Ir]. The number of nitrogens with zero attached hydrogens (tertiary/aromatic N) is 3. The minimum absolute atomic E-state index is 0. The van der Waals surface area contributed by atoms with Crippen LogP contribution in [0.5, 0.6) is 0 Å². The molecule has 0 aliphatic heterocycles. The molecule has 241 valence electrons. The quantitative estimate of drug-likeness (QED) is 0.128. The van der Waals surface area contributed by atoms with Crippen LogP contribution in [0, 0.1) is 19.0 Å². The van der Waals surface area contributed by atoms with E-state index < -0.39 is 20.1 Å². The van der Waals surface area contributed by atoms with Gasteiger partial charge >= 0.3 is 99.8 Å². The number of benzene rings is 5. The number of rotatable bonds is 5. The van der Waals surface area contributed by atoms with Gasteiger partial charge in [-0.1, -0.05) is 76.9 Å². The molecule has 0 bridgehead atoms. The van der Waals surface area contributed by atoms with Crippen molar-refractivity contribution in [3.05, 3.63) is 139 Å². The molecule has 5 aromatic carbocycles. The number of aromatic nitrogens is 3. The largest absolute Gasteiger partial charge is 0 e. The number of hydrogen-bond donors (Lipinski definition) is 0. The molecule has 0 atom stereocenters. The Labute approximate surface area is 302 Å². The Kier molecular flexibility index (Phi) is 8.73. The number of pyridine rings is 1. The summed E-state index contributed by atoms with van der Waals surface area (Å²) in [5.74, 6) is 7.96. The van der Waals surface area contributed by atoms with E-state index in [1.165, 1.54) is 4.40 Å². The molecule has 0 aliphatic carbocycles. The molecule has 3 aromatic heterocycles. The van der Waals surface area contributed by atoms with E-state index in [1.54, 1.807) is 12.1 Å². The topological polar surface area (TPSA) is 43.9 Å². The molecule has 0 unspecified atom stereocenters. The van der Waals surface area contributed by atoms with Gasteiger partial charge in [0.25, 0.3) is 0 Å². The van der Waals surface area contributed by atoms with Gasteiger partial charge in [-0.25, -0.2) is 0 Å². The van der Waals surface area contributed by atoms with Crippen LogP contribution in [0.2, 0.25) is 17.3 Å². The third kappa shape index (κ3) is 6.55. The molecule has 6 heteroatoms. The van der Waals surface area contributed by atoms with Gasteiger partial charge in [0.15, 0.2) is 0 Å². The molecule has 0 saturated carbocycles. The Hall–Kier alpha value is -4.29. The molecule has 0 N–H and O–H groups in total.